The first kappa shape index (κ1) is 9.30. The van der Waals surface area contributed by atoms with Crippen LogP contribution < -0.4 is 4.90 Å². The van der Waals surface area contributed by atoms with Gasteiger partial charge in [0.2, 0.25) is 0 Å². The molecule has 1 heterocycles. The highest BCUT2D eigenvalue weighted by Gasteiger charge is 2.41. The van der Waals surface area contributed by atoms with E-state index in [1.54, 1.807) is 0 Å². The summed E-state index contributed by atoms with van der Waals surface area (Å²) in [6, 6.07) is 3.76. The van der Waals surface area contributed by atoms with Gasteiger partial charge in [-0.3, -0.25) is 4.90 Å². The summed E-state index contributed by atoms with van der Waals surface area (Å²) in [6.45, 7) is -0.195. The number of alkyl halides is 3. The van der Waals surface area contributed by atoms with Crippen LogP contribution in [0.25, 0.3) is 0 Å². The van der Waals surface area contributed by atoms with Crippen molar-refractivity contribution >= 4 is 5.69 Å². The maximum Gasteiger partial charge on any atom is 0.484 e. The van der Waals surface area contributed by atoms with Crippen LogP contribution in [0.3, 0.4) is 0 Å². The molecule has 0 saturated carbocycles. The molecular weight excluding hydrogens is 198 g/mol. The average Bonchev–Trinajstić information content (AvgIpc) is 2.47. The van der Waals surface area contributed by atoms with Crippen molar-refractivity contribution in [3.8, 4) is 0 Å². The molecule has 2 rings (SSSR count). The van der Waals surface area contributed by atoms with Gasteiger partial charge in [0.05, 0.1) is 5.69 Å². The Morgan fingerprint density at radius 1 is 1.21 bits per heavy atom. The molecule has 0 aromatic heterocycles. The van der Waals surface area contributed by atoms with Gasteiger partial charge in [0.25, 0.3) is 0 Å². The topological polar surface area (TPSA) is 3.24 Å². The Bertz CT molecular complexity index is 358. The summed E-state index contributed by atoms with van der Waals surface area (Å²) in [6.07, 6.45) is -4.31. The minimum absolute atomic E-state index is 0.0579. The van der Waals surface area contributed by atoms with Crippen LogP contribution in [0.4, 0.5) is 23.2 Å². The maximum absolute atomic E-state index is 13.1. The molecule has 0 radical (unpaired) electrons. The third-order valence-electron chi connectivity index (χ3n) is 2.28. The van der Waals surface area contributed by atoms with Crippen molar-refractivity contribution in [2.75, 3.05) is 11.4 Å². The number of halogens is 4. The van der Waals surface area contributed by atoms with Crippen molar-refractivity contribution in [1.82, 2.24) is 0 Å². The van der Waals surface area contributed by atoms with E-state index in [0.717, 1.165) is 0 Å². The van der Waals surface area contributed by atoms with Gasteiger partial charge in [-0.1, -0.05) is 6.07 Å². The highest BCUT2D eigenvalue weighted by molar-refractivity contribution is 5.58. The fraction of sp³-hybridized carbons (Fsp3) is 0.333. The monoisotopic (exact) mass is 205 g/mol. The minimum Gasteiger partial charge on any atom is -0.283 e. The number of hydrogen-bond donors (Lipinski definition) is 0. The lowest BCUT2D eigenvalue weighted by Gasteiger charge is -2.21. The molecule has 76 valence electrons. The van der Waals surface area contributed by atoms with E-state index in [2.05, 4.69) is 0 Å². The van der Waals surface area contributed by atoms with Crippen molar-refractivity contribution in [1.29, 1.82) is 0 Å². The van der Waals surface area contributed by atoms with Crippen LogP contribution in [0.2, 0.25) is 0 Å². The molecule has 0 bridgehead atoms. The van der Waals surface area contributed by atoms with Crippen LogP contribution in [0.15, 0.2) is 18.2 Å². The van der Waals surface area contributed by atoms with Gasteiger partial charge in [-0.25, -0.2) is 4.39 Å². The first-order valence-corrected chi connectivity index (χ1v) is 4.12. The lowest BCUT2D eigenvalue weighted by atomic mass is 10.1. The van der Waals surface area contributed by atoms with E-state index in [1.807, 2.05) is 0 Å². The zero-order valence-corrected chi connectivity index (χ0v) is 7.11. The van der Waals surface area contributed by atoms with Gasteiger partial charge in [-0.2, -0.15) is 13.2 Å². The largest absolute Gasteiger partial charge is 0.484 e. The molecule has 0 aliphatic carbocycles. The molecule has 1 aliphatic rings. The molecule has 0 saturated heterocycles. The summed E-state index contributed by atoms with van der Waals surface area (Å²) in [5.41, 5.74) is 0.0994. The molecular formula is C9H7F4N. The number of fused-ring (bicyclic) bond motifs is 1. The second-order valence-electron chi connectivity index (χ2n) is 3.11. The van der Waals surface area contributed by atoms with Crippen molar-refractivity contribution in [2.45, 2.75) is 12.7 Å². The molecule has 0 N–H and O–H groups in total. The molecule has 1 aromatic carbocycles. The Balaban J connectivity index is 2.45. The van der Waals surface area contributed by atoms with E-state index in [4.69, 9.17) is 0 Å². The van der Waals surface area contributed by atoms with Crippen molar-refractivity contribution < 1.29 is 17.6 Å². The number of hydrogen-bond acceptors (Lipinski definition) is 1. The SMILES string of the molecule is Fc1cccc2c1CCN2C(F)(F)F. The lowest BCUT2D eigenvalue weighted by Crippen LogP contribution is -2.36. The first-order valence-electron chi connectivity index (χ1n) is 4.12. The molecule has 0 spiro atoms. The Labute approximate surface area is 77.9 Å². The molecule has 1 aliphatic heterocycles. The Morgan fingerprint density at radius 3 is 2.57 bits per heavy atom. The maximum atomic E-state index is 13.1. The van der Waals surface area contributed by atoms with Gasteiger partial charge in [-0.05, 0) is 18.6 Å². The Hall–Kier alpha value is -1.26. The third kappa shape index (κ3) is 1.32. The summed E-state index contributed by atoms with van der Waals surface area (Å²) >= 11 is 0. The number of rotatable bonds is 0. The Morgan fingerprint density at radius 2 is 1.93 bits per heavy atom. The van der Waals surface area contributed by atoms with Gasteiger partial charge in [0.1, 0.15) is 5.82 Å². The average molecular weight is 205 g/mol. The third-order valence-corrected chi connectivity index (χ3v) is 2.28. The van der Waals surface area contributed by atoms with Crippen LogP contribution in [0.1, 0.15) is 5.56 Å². The van der Waals surface area contributed by atoms with E-state index in [0.29, 0.717) is 0 Å². The summed E-state index contributed by atoms with van der Waals surface area (Å²) in [4.78, 5) is 0.269. The molecule has 5 heteroatoms. The van der Waals surface area contributed by atoms with Gasteiger partial charge < -0.3 is 0 Å². The predicted octanol–water partition coefficient (Wildman–Crippen LogP) is 2.71. The molecule has 0 atom stereocenters. The standard InChI is InChI=1S/C9H7F4N/c10-7-2-1-3-8-6(7)4-5-14(8)9(11,12)13/h1-3H,4-5H2. The Kier molecular flexibility index (Phi) is 1.90. The first-order chi connectivity index (χ1) is 6.50. The lowest BCUT2D eigenvalue weighted by molar-refractivity contribution is -0.127. The predicted molar refractivity (Wildman–Crippen MR) is 43.5 cm³/mol. The van der Waals surface area contributed by atoms with Crippen molar-refractivity contribution in [3.63, 3.8) is 0 Å². The zero-order valence-electron chi connectivity index (χ0n) is 7.11. The smallest absolute Gasteiger partial charge is 0.283 e. The second-order valence-corrected chi connectivity index (χ2v) is 3.11. The molecule has 1 aromatic rings. The minimum atomic E-state index is -4.42. The summed E-state index contributed by atoms with van der Waals surface area (Å²) in [5.74, 6) is -0.561. The van der Waals surface area contributed by atoms with E-state index in [1.165, 1.54) is 18.2 Å². The van der Waals surface area contributed by atoms with E-state index in [-0.39, 0.29) is 29.1 Å². The fourth-order valence-corrected chi connectivity index (χ4v) is 1.66. The van der Waals surface area contributed by atoms with E-state index >= 15 is 0 Å². The quantitative estimate of drug-likeness (QED) is 0.465. The van der Waals surface area contributed by atoms with Crippen LogP contribution in [-0.4, -0.2) is 12.8 Å². The van der Waals surface area contributed by atoms with Crippen LogP contribution in [0.5, 0.6) is 0 Å². The van der Waals surface area contributed by atoms with E-state index in [9.17, 15) is 17.6 Å². The van der Waals surface area contributed by atoms with Gasteiger partial charge in [0, 0.05) is 12.1 Å². The zero-order chi connectivity index (χ0) is 10.3. The molecule has 14 heavy (non-hydrogen) atoms. The molecule has 1 nitrogen and oxygen atoms in total. The van der Waals surface area contributed by atoms with Crippen LogP contribution in [0, 0.1) is 5.82 Å². The molecule has 0 fully saturated rings. The number of anilines is 1. The van der Waals surface area contributed by atoms with Crippen LogP contribution >= 0.6 is 0 Å². The number of nitrogens with zero attached hydrogens (tertiary/aromatic N) is 1. The normalized spacial score (nSPS) is 15.9. The van der Waals surface area contributed by atoms with Crippen molar-refractivity contribution in [3.05, 3.63) is 29.6 Å². The van der Waals surface area contributed by atoms with Gasteiger partial charge in [-0.15, -0.1) is 0 Å². The highest BCUT2D eigenvalue weighted by Crippen LogP contribution is 2.37. The van der Waals surface area contributed by atoms with Crippen molar-refractivity contribution in [2.24, 2.45) is 0 Å². The summed E-state index contributed by atoms with van der Waals surface area (Å²) < 4.78 is 50.2. The fourth-order valence-electron chi connectivity index (χ4n) is 1.66. The number of benzene rings is 1. The summed E-state index contributed by atoms with van der Waals surface area (Å²) in [7, 11) is 0. The summed E-state index contributed by atoms with van der Waals surface area (Å²) in [5, 5.41) is 0. The van der Waals surface area contributed by atoms with Gasteiger partial charge in [0.15, 0.2) is 0 Å². The molecule has 0 amide bonds. The molecule has 0 unspecified atom stereocenters. The highest BCUT2D eigenvalue weighted by atomic mass is 19.4. The van der Waals surface area contributed by atoms with Gasteiger partial charge >= 0.3 is 6.30 Å². The van der Waals surface area contributed by atoms with E-state index < -0.39 is 12.1 Å². The second kappa shape index (κ2) is 2.87. The van der Waals surface area contributed by atoms with Crippen LogP contribution in [-0.2, 0) is 6.42 Å².